The van der Waals surface area contributed by atoms with Crippen LogP contribution < -0.4 is 14.8 Å². The molecule has 2 aromatic carbocycles. The SMILES string of the molecule is COC(=O)C1CN(c2ccc3c(-c4ccccc4C(=O)O)c4ccc(=[N+]5CC(C)C5)cc-4oc3c2)C1. The molecule has 3 aliphatic heterocycles. The van der Waals surface area contributed by atoms with Crippen LogP contribution in [0.3, 0.4) is 0 Å². The summed E-state index contributed by atoms with van der Waals surface area (Å²) in [6.45, 7) is 5.44. The van der Waals surface area contributed by atoms with Gasteiger partial charge in [-0.3, -0.25) is 4.79 Å². The van der Waals surface area contributed by atoms with Crippen LogP contribution in [0.1, 0.15) is 17.3 Å². The Morgan fingerprint density at radius 2 is 1.81 bits per heavy atom. The Bertz CT molecular complexity index is 1560. The molecule has 2 aromatic rings. The van der Waals surface area contributed by atoms with Gasteiger partial charge in [0.25, 0.3) is 0 Å². The van der Waals surface area contributed by atoms with Gasteiger partial charge in [-0.2, -0.15) is 0 Å². The molecule has 7 nitrogen and oxygen atoms in total. The molecule has 2 fully saturated rings. The zero-order chi connectivity index (χ0) is 25.0. The molecule has 0 amide bonds. The molecule has 3 heterocycles. The third-order valence-corrected chi connectivity index (χ3v) is 7.33. The number of hydrogen-bond donors (Lipinski definition) is 1. The Hall–Kier alpha value is -4.13. The first kappa shape index (κ1) is 22.3. The highest BCUT2D eigenvalue weighted by Gasteiger charge is 2.34. The number of esters is 1. The summed E-state index contributed by atoms with van der Waals surface area (Å²) < 4.78 is 13.6. The topological polar surface area (TPSA) is 83.0 Å². The molecule has 2 saturated heterocycles. The van der Waals surface area contributed by atoms with Crippen molar-refractivity contribution in [2.45, 2.75) is 6.92 Å². The van der Waals surface area contributed by atoms with E-state index in [2.05, 4.69) is 28.5 Å². The lowest BCUT2D eigenvalue weighted by molar-refractivity contribution is -0.146. The molecule has 36 heavy (non-hydrogen) atoms. The number of fused-ring (bicyclic) bond motifs is 2. The number of anilines is 1. The summed E-state index contributed by atoms with van der Waals surface area (Å²) in [4.78, 5) is 26.1. The summed E-state index contributed by atoms with van der Waals surface area (Å²) in [6, 6.07) is 19.2. The van der Waals surface area contributed by atoms with Crippen LogP contribution in [0.5, 0.6) is 0 Å². The monoisotopic (exact) mass is 483 g/mol. The molecule has 0 bridgehead atoms. The zero-order valence-electron chi connectivity index (χ0n) is 20.2. The van der Waals surface area contributed by atoms with Gasteiger partial charge in [0.2, 0.25) is 5.36 Å². The number of carboxylic acids is 1. The Morgan fingerprint density at radius 1 is 1.03 bits per heavy atom. The molecule has 0 aromatic heterocycles. The number of carbonyl (C=O) groups excluding carboxylic acids is 1. The molecular weight excluding hydrogens is 456 g/mol. The second-order valence-corrected chi connectivity index (χ2v) is 9.82. The van der Waals surface area contributed by atoms with Gasteiger partial charge < -0.3 is 19.2 Å². The number of carboxylic acid groups (broad SMARTS) is 1. The van der Waals surface area contributed by atoms with Gasteiger partial charge in [-0.25, -0.2) is 9.37 Å². The van der Waals surface area contributed by atoms with Crippen LogP contribution >= 0.6 is 0 Å². The van der Waals surface area contributed by atoms with Crippen molar-refractivity contribution < 1.29 is 23.8 Å². The van der Waals surface area contributed by atoms with E-state index in [1.165, 1.54) is 7.11 Å². The average molecular weight is 484 g/mol. The lowest BCUT2D eigenvalue weighted by Crippen LogP contribution is -2.50. The first-order chi connectivity index (χ1) is 17.4. The fourth-order valence-corrected chi connectivity index (χ4v) is 5.35. The Kier molecular flexibility index (Phi) is 5.29. The lowest BCUT2D eigenvalue weighted by Gasteiger charge is -2.39. The van der Waals surface area contributed by atoms with Crippen LogP contribution in [0.25, 0.3) is 33.4 Å². The average Bonchev–Trinajstić information content (AvgIpc) is 2.83. The third-order valence-electron chi connectivity index (χ3n) is 7.33. The van der Waals surface area contributed by atoms with Crippen LogP contribution in [0.15, 0.2) is 65.1 Å². The molecule has 4 aliphatic rings. The molecular formula is C29H27N2O5+. The maximum Gasteiger partial charge on any atom is 0.336 e. The van der Waals surface area contributed by atoms with Gasteiger partial charge in [-0.05, 0) is 29.8 Å². The molecule has 182 valence electrons. The van der Waals surface area contributed by atoms with Crippen LogP contribution in [-0.4, -0.2) is 50.3 Å². The van der Waals surface area contributed by atoms with E-state index in [4.69, 9.17) is 9.15 Å². The van der Waals surface area contributed by atoms with Crippen molar-refractivity contribution in [1.29, 1.82) is 0 Å². The van der Waals surface area contributed by atoms with Gasteiger partial charge in [0, 0.05) is 47.4 Å². The molecule has 0 atom stereocenters. The minimum Gasteiger partial charge on any atom is -0.478 e. The summed E-state index contributed by atoms with van der Waals surface area (Å²) in [5, 5.41) is 11.9. The van der Waals surface area contributed by atoms with Crippen molar-refractivity contribution in [1.82, 2.24) is 4.58 Å². The highest BCUT2D eigenvalue weighted by Crippen LogP contribution is 2.42. The standard InChI is InChI=1S/C29H26N2O5/c1-17-13-30(14-17)19-7-9-23-25(11-19)36-26-12-20(31-15-18(16-31)29(34)35-2)8-10-24(26)27(23)21-5-3-4-6-22(21)28(32)33/h3-12,17-18H,13-16H2,1-2H3/p+1. The largest absolute Gasteiger partial charge is 0.478 e. The molecule has 6 rings (SSSR count). The second-order valence-electron chi connectivity index (χ2n) is 9.82. The summed E-state index contributed by atoms with van der Waals surface area (Å²) in [7, 11) is 1.41. The second kappa shape index (κ2) is 8.52. The van der Waals surface area contributed by atoms with E-state index in [-0.39, 0.29) is 17.5 Å². The van der Waals surface area contributed by atoms with Crippen molar-refractivity contribution in [3.8, 4) is 22.5 Å². The van der Waals surface area contributed by atoms with E-state index in [0.29, 0.717) is 35.9 Å². The van der Waals surface area contributed by atoms with Crippen LogP contribution in [0.4, 0.5) is 5.69 Å². The van der Waals surface area contributed by atoms with Gasteiger partial charge >= 0.3 is 11.9 Å². The smallest absolute Gasteiger partial charge is 0.336 e. The number of aromatic carboxylic acids is 1. The van der Waals surface area contributed by atoms with Crippen molar-refractivity contribution in [2.75, 3.05) is 38.2 Å². The van der Waals surface area contributed by atoms with Gasteiger partial charge in [-0.1, -0.05) is 25.1 Å². The number of rotatable bonds is 4. The molecule has 1 aliphatic carbocycles. The van der Waals surface area contributed by atoms with Gasteiger partial charge in [0.15, 0.2) is 13.1 Å². The molecule has 0 unspecified atom stereocenters. The van der Waals surface area contributed by atoms with Crippen LogP contribution in [0, 0.1) is 11.8 Å². The van der Waals surface area contributed by atoms with E-state index in [9.17, 15) is 14.7 Å². The van der Waals surface area contributed by atoms with Gasteiger partial charge in [0.1, 0.15) is 11.3 Å². The molecule has 1 N–H and O–H groups in total. The minimum absolute atomic E-state index is 0.126. The van der Waals surface area contributed by atoms with E-state index >= 15 is 0 Å². The number of nitrogens with zero attached hydrogens (tertiary/aromatic N) is 2. The summed E-state index contributed by atoms with van der Waals surface area (Å²) >= 11 is 0. The summed E-state index contributed by atoms with van der Waals surface area (Å²) in [5.41, 5.74) is 4.25. The molecule has 0 spiro atoms. The van der Waals surface area contributed by atoms with E-state index in [1.54, 1.807) is 12.1 Å². The van der Waals surface area contributed by atoms with Crippen molar-refractivity contribution in [3.63, 3.8) is 0 Å². The summed E-state index contributed by atoms with van der Waals surface area (Å²) in [5.74, 6) is 0.0925. The van der Waals surface area contributed by atoms with E-state index in [0.717, 1.165) is 40.6 Å². The predicted octanol–water partition coefficient (Wildman–Crippen LogP) is 3.93. The van der Waals surface area contributed by atoms with Crippen molar-refractivity contribution >= 4 is 28.6 Å². The van der Waals surface area contributed by atoms with Crippen molar-refractivity contribution in [2.24, 2.45) is 11.8 Å². The molecule has 0 saturated carbocycles. The van der Waals surface area contributed by atoms with Gasteiger partial charge in [-0.15, -0.1) is 0 Å². The first-order valence-corrected chi connectivity index (χ1v) is 12.2. The first-order valence-electron chi connectivity index (χ1n) is 12.2. The van der Waals surface area contributed by atoms with E-state index in [1.807, 2.05) is 36.4 Å². The number of methoxy groups -OCH3 is 1. The number of ether oxygens (including phenoxy) is 1. The normalized spacial score (nSPS) is 17.7. The van der Waals surface area contributed by atoms with Gasteiger partial charge in [0.05, 0.1) is 30.6 Å². The minimum atomic E-state index is -0.968. The summed E-state index contributed by atoms with van der Waals surface area (Å²) in [6.07, 6.45) is 0. The highest BCUT2D eigenvalue weighted by atomic mass is 16.5. The van der Waals surface area contributed by atoms with Crippen LogP contribution in [-0.2, 0) is 9.53 Å². The fraction of sp³-hybridized carbons (Fsp3) is 0.276. The Morgan fingerprint density at radius 3 is 2.53 bits per heavy atom. The number of hydrogen-bond acceptors (Lipinski definition) is 5. The lowest BCUT2D eigenvalue weighted by atomic mass is 9.90. The molecule has 7 heteroatoms. The quantitative estimate of drug-likeness (QED) is 0.269. The molecule has 0 radical (unpaired) electrons. The highest BCUT2D eigenvalue weighted by molar-refractivity contribution is 6.07. The number of benzene rings is 3. The maximum atomic E-state index is 12.1. The zero-order valence-corrected chi connectivity index (χ0v) is 20.2. The fourth-order valence-electron chi connectivity index (χ4n) is 5.35. The number of carbonyl (C=O) groups is 2. The Labute approximate surface area is 208 Å². The maximum absolute atomic E-state index is 12.1. The predicted molar refractivity (Wildman–Crippen MR) is 137 cm³/mol. The Balaban J connectivity index is 1.55. The van der Waals surface area contributed by atoms with E-state index < -0.39 is 5.97 Å². The third kappa shape index (κ3) is 3.63. The van der Waals surface area contributed by atoms with Crippen LogP contribution in [0.2, 0.25) is 0 Å². The van der Waals surface area contributed by atoms with Crippen molar-refractivity contribution in [3.05, 3.63) is 71.6 Å².